The van der Waals surface area contributed by atoms with Crippen LogP contribution in [0, 0.1) is 22.7 Å². The minimum Gasteiger partial charge on any atom is -0.432 e. The van der Waals surface area contributed by atoms with Crippen LogP contribution < -0.4 is 0 Å². The molecule has 17 atom stereocenters. The van der Waals surface area contributed by atoms with Gasteiger partial charge in [0.05, 0.1) is 24.9 Å². The molecule has 4 aliphatic heterocycles. The molecular formula is C34H50O13. The third kappa shape index (κ3) is 4.19. The Hall–Kier alpha value is -1.23. The Labute approximate surface area is 274 Å². The highest BCUT2D eigenvalue weighted by molar-refractivity contribution is 5.85. The van der Waals surface area contributed by atoms with Gasteiger partial charge in [0, 0.05) is 26.4 Å². The zero-order valence-corrected chi connectivity index (χ0v) is 27.6. The van der Waals surface area contributed by atoms with E-state index in [2.05, 4.69) is 13.0 Å². The van der Waals surface area contributed by atoms with Crippen LogP contribution in [0.3, 0.4) is 0 Å². The van der Waals surface area contributed by atoms with Gasteiger partial charge in [-0.15, -0.1) is 0 Å². The number of rotatable bonds is 6. The van der Waals surface area contributed by atoms with Gasteiger partial charge in [-0.1, -0.05) is 18.6 Å². The van der Waals surface area contributed by atoms with E-state index in [1.807, 2.05) is 13.8 Å². The first-order chi connectivity index (χ1) is 22.3. The van der Waals surface area contributed by atoms with E-state index in [9.17, 15) is 30.3 Å². The van der Waals surface area contributed by atoms with Crippen LogP contribution in [0.2, 0.25) is 0 Å². The summed E-state index contributed by atoms with van der Waals surface area (Å²) in [7, 11) is 1.56. The first-order valence-electron chi connectivity index (χ1n) is 17.4. The number of hydrogen-bond donors (Lipinski definition) is 5. The lowest BCUT2D eigenvalue weighted by molar-refractivity contribution is -0.347. The van der Waals surface area contributed by atoms with Gasteiger partial charge in [-0.05, 0) is 69.6 Å². The van der Waals surface area contributed by atoms with E-state index in [4.69, 9.17) is 33.2 Å². The van der Waals surface area contributed by atoms with Gasteiger partial charge in [0.15, 0.2) is 12.6 Å². The quantitative estimate of drug-likeness (QED) is 0.199. The summed E-state index contributed by atoms with van der Waals surface area (Å²) >= 11 is 0. The number of esters is 1. The van der Waals surface area contributed by atoms with Gasteiger partial charge in [0.2, 0.25) is 5.79 Å². The van der Waals surface area contributed by atoms with E-state index < -0.39 is 84.3 Å². The van der Waals surface area contributed by atoms with Crippen LogP contribution in [0.5, 0.6) is 0 Å². The number of fused-ring (bicyclic) bond motifs is 3. The van der Waals surface area contributed by atoms with Crippen LogP contribution in [0.15, 0.2) is 11.6 Å². The fourth-order valence-corrected chi connectivity index (χ4v) is 11.6. The summed E-state index contributed by atoms with van der Waals surface area (Å²) in [5.74, 6) is -1.19. The summed E-state index contributed by atoms with van der Waals surface area (Å²) in [5.41, 5.74) is -1.79. The number of hydrogen-bond acceptors (Lipinski definition) is 13. The third-order valence-electron chi connectivity index (χ3n) is 13.9. The molecule has 0 amide bonds. The fraction of sp³-hybridized carbons (Fsp3) is 0.912. The van der Waals surface area contributed by atoms with E-state index in [0.717, 1.165) is 25.7 Å². The van der Waals surface area contributed by atoms with Crippen LogP contribution >= 0.6 is 0 Å². The molecule has 3 saturated carbocycles. The van der Waals surface area contributed by atoms with Crippen molar-refractivity contribution in [2.45, 2.75) is 157 Å². The Bertz CT molecular complexity index is 1310. The highest BCUT2D eigenvalue weighted by Gasteiger charge is 2.89. The SMILES string of the molecule is CO[C@H]1C[C@H](O[C@H]2CC[C@@]3(C)C(=CC[C@@]4(O)[C@@H]3CC[C@@]35C(=O)O[C@@]6(C)O[C@@]43CC[C@H]65)C2)O[C@@H](C)[C@@H]1O[C@@H]1O[C@H](CO)[C@@H](O)[C@H](O)[C@H]1O. The van der Waals surface area contributed by atoms with Crippen LogP contribution in [0.25, 0.3) is 0 Å². The van der Waals surface area contributed by atoms with Gasteiger partial charge in [-0.3, -0.25) is 4.79 Å². The molecule has 4 saturated heterocycles. The summed E-state index contributed by atoms with van der Waals surface area (Å²) in [6, 6.07) is 0. The molecule has 47 heavy (non-hydrogen) atoms. The van der Waals surface area contributed by atoms with Crippen LogP contribution in [0.1, 0.15) is 78.6 Å². The van der Waals surface area contributed by atoms with Crippen molar-refractivity contribution < 1.29 is 63.5 Å². The van der Waals surface area contributed by atoms with Crippen LogP contribution in [0.4, 0.5) is 0 Å². The van der Waals surface area contributed by atoms with E-state index in [0.29, 0.717) is 32.1 Å². The average molecular weight is 667 g/mol. The van der Waals surface area contributed by atoms with Gasteiger partial charge >= 0.3 is 5.97 Å². The Morgan fingerprint density at radius 1 is 0.979 bits per heavy atom. The minimum atomic E-state index is -1.55. The van der Waals surface area contributed by atoms with E-state index in [1.54, 1.807) is 7.11 Å². The van der Waals surface area contributed by atoms with Crippen molar-refractivity contribution in [2.24, 2.45) is 22.7 Å². The second-order valence-electron chi connectivity index (χ2n) is 15.8. The zero-order valence-electron chi connectivity index (χ0n) is 27.6. The number of aliphatic hydroxyl groups is 5. The van der Waals surface area contributed by atoms with Crippen molar-refractivity contribution in [3.63, 3.8) is 0 Å². The lowest BCUT2D eigenvalue weighted by Gasteiger charge is -2.65. The van der Waals surface area contributed by atoms with Crippen LogP contribution in [-0.2, 0) is 38.0 Å². The van der Waals surface area contributed by atoms with Gasteiger partial charge in [-0.2, -0.15) is 0 Å². The number of carbonyl (C=O) groups is 1. The molecule has 0 aromatic rings. The van der Waals surface area contributed by atoms with Gasteiger partial charge in [-0.25, -0.2) is 0 Å². The minimum absolute atomic E-state index is 0.00851. The molecule has 8 aliphatic rings. The first-order valence-corrected chi connectivity index (χ1v) is 17.4. The third-order valence-corrected chi connectivity index (χ3v) is 13.9. The van der Waals surface area contributed by atoms with E-state index in [1.165, 1.54) is 5.57 Å². The summed E-state index contributed by atoms with van der Waals surface area (Å²) < 4.78 is 42.7. The second-order valence-corrected chi connectivity index (χ2v) is 15.8. The molecule has 0 aromatic carbocycles. The second kappa shape index (κ2) is 10.9. The highest BCUT2D eigenvalue weighted by atomic mass is 16.8. The van der Waals surface area contributed by atoms with Crippen molar-refractivity contribution in [3.05, 3.63) is 11.6 Å². The Morgan fingerprint density at radius 3 is 2.49 bits per heavy atom. The van der Waals surface area contributed by atoms with Crippen molar-refractivity contribution >= 4 is 5.97 Å². The number of ether oxygens (including phenoxy) is 7. The topological polar surface area (TPSA) is 183 Å². The molecule has 0 unspecified atom stereocenters. The fourth-order valence-electron chi connectivity index (χ4n) is 11.6. The molecule has 264 valence electrons. The number of aliphatic hydroxyl groups excluding tert-OH is 4. The lowest BCUT2D eigenvalue weighted by atomic mass is 9.44. The van der Waals surface area contributed by atoms with Crippen LogP contribution in [-0.4, -0.2) is 124 Å². The molecule has 7 fully saturated rings. The predicted molar refractivity (Wildman–Crippen MR) is 159 cm³/mol. The Morgan fingerprint density at radius 2 is 1.74 bits per heavy atom. The van der Waals surface area contributed by atoms with Crippen molar-refractivity contribution in [1.82, 2.24) is 0 Å². The smallest absolute Gasteiger partial charge is 0.318 e. The van der Waals surface area contributed by atoms with Crippen molar-refractivity contribution in [1.29, 1.82) is 0 Å². The maximum Gasteiger partial charge on any atom is 0.318 e. The normalized spacial score (nSPS) is 58.0. The highest BCUT2D eigenvalue weighted by Crippen LogP contribution is 2.79. The molecule has 5 N–H and O–H groups in total. The largest absolute Gasteiger partial charge is 0.432 e. The summed E-state index contributed by atoms with van der Waals surface area (Å²) in [5, 5.41) is 53.1. The summed E-state index contributed by atoms with van der Waals surface area (Å²) in [6.07, 6.45) is -1.06. The maximum absolute atomic E-state index is 13.4. The predicted octanol–water partition coefficient (Wildman–Crippen LogP) is 0.806. The van der Waals surface area contributed by atoms with Gasteiger partial charge in [0.1, 0.15) is 47.1 Å². The summed E-state index contributed by atoms with van der Waals surface area (Å²) in [6.45, 7) is 5.41. The molecule has 0 radical (unpaired) electrons. The summed E-state index contributed by atoms with van der Waals surface area (Å²) in [4.78, 5) is 13.4. The molecular weight excluding hydrogens is 616 g/mol. The number of carbonyl (C=O) groups excluding carboxylic acids is 1. The average Bonchev–Trinajstić information content (AvgIpc) is 3.58. The zero-order chi connectivity index (χ0) is 33.3. The Balaban J connectivity index is 0.947. The number of methoxy groups -OCH3 is 1. The molecule has 4 aliphatic carbocycles. The monoisotopic (exact) mass is 666 g/mol. The molecule has 13 heteroatoms. The Kier molecular flexibility index (Phi) is 7.63. The van der Waals surface area contributed by atoms with E-state index >= 15 is 0 Å². The molecule has 8 rings (SSSR count). The first kappa shape index (κ1) is 32.9. The molecule has 1 spiro atoms. The molecule has 4 heterocycles. The maximum atomic E-state index is 13.4. The van der Waals surface area contributed by atoms with Gasteiger partial charge in [0.25, 0.3) is 0 Å². The lowest BCUT2D eigenvalue weighted by Crippen LogP contribution is -2.73. The van der Waals surface area contributed by atoms with Gasteiger partial charge < -0.3 is 58.7 Å². The van der Waals surface area contributed by atoms with Crippen molar-refractivity contribution in [2.75, 3.05) is 13.7 Å². The molecule has 0 aromatic heterocycles. The van der Waals surface area contributed by atoms with E-state index in [-0.39, 0.29) is 29.3 Å². The molecule has 4 bridgehead atoms. The van der Waals surface area contributed by atoms with Crippen molar-refractivity contribution in [3.8, 4) is 0 Å². The standard InChI is InChI=1S/C34H50O13/c1-16-27(45-28-26(38)25(37)24(36)20(15-35)44-28)19(41-4)14-23(42-16)43-18-6-9-30(2)17(13-18)5-11-33(40)21(30)7-10-32-22-8-12-34(32,33)47-31(22,3)46-29(32)39/h5,16,18-28,35-38,40H,6-15H2,1-4H3/t16-,18-,19-,20+,21+,22+,23-,24+,25-,26+,27-,28-,30-,31-,32+,33+,34+/m0/s1. The molecule has 13 nitrogen and oxygen atoms in total.